The minimum Gasteiger partial charge on any atom is -0.351 e. The van der Waals surface area contributed by atoms with Crippen molar-refractivity contribution in [3.63, 3.8) is 0 Å². The lowest BCUT2D eigenvalue weighted by atomic mass is 10.2. The first kappa shape index (κ1) is 21.9. The molecule has 2 N–H and O–H groups in total. The van der Waals surface area contributed by atoms with Gasteiger partial charge in [-0.2, -0.15) is 11.8 Å². The third-order valence-electron chi connectivity index (χ3n) is 4.37. The summed E-state index contributed by atoms with van der Waals surface area (Å²) in [5.74, 6) is 1.55. The van der Waals surface area contributed by atoms with E-state index in [-0.39, 0.29) is 10.8 Å². The Hall–Kier alpha value is -2.77. The summed E-state index contributed by atoms with van der Waals surface area (Å²) in [7, 11) is -3.65. The second kappa shape index (κ2) is 10.3. The number of sulfonamides is 1. The lowest BCUT2D eigenvalue weighted by Crippen LogP contribution is -2.25. The lowest BCUT2D eigenvalue weighted by molar-refractivity contribution is 0.0956. The van der Waals surface area contributed by atoms with Crippen molar-refractivity contribution in [1.29, 1.82) is 0 Å². The Balaban J connectivity index is 1.45. The number of aryl methyl sites for hydroxylation is 1. The highest BCUT2D eigenvalue weighted by Gasteiger charge is 2.13. The first-order chi connectivity index (χ1) is 14.4. The van der Waals surface area contributed by atoms with Crippen molar-refractivity contribution in [2.75, 3.05) is 17.0 Å². The van der Waals surface area contributed by atoms with E-state index in [1.165, 1.54) is 23.3 Å². The number of nitrogens with one attached hydrogen (secondary N) is 2. The predicted octanol–water partition coefficient (Wildman–Crippen LogP) is 4.46. The second-order valence-electron chi connectivity index (χ2n) is 6.79. The summed E-state index contributed by atoms with van der Waals surface area (Å²) >= 11 is 1.76. The van der Waals surface area contributed by atoms with Crippen LogP contribution < -0.4 is 10.0 Å². The number of carbonyl (C=O) groups is 1. The number of benzene rings is 3. The van der Waals surface area contributed by atoms with Crippen LogP contribution in [0.3, 0.4) is 0 Å². The zero-order valence-electron chi connectivity index (χ0n) is 16.7. The molecule has 3 aromatic carbocycles. The van der Waals surface area contributed by atoms with E-state index in [2.05, 4.69) is 41.2 Å². The molecule has 0 atom stereocenters. The van der Waals surface area contributed by atoms with Crippen molar-refractivity contribution in [3.05, 3.63) is 95.6 Å². The second-order valence-corrected chi connectivity index (χ2v) is 9.58. The van der Waals surface area contributed by atoms with Gasteiger partial charge in [-0.05, 0) is 48.9 Å². The minimum atomic E-state index is -3.65. The molecule has 7 heteroatoms. The van der Waals surface area contributed by atoms with Crippen LogP contribution in [0.15, 0.2) is 83.8 Å². The Morgan fingerprint density at radius 1 is 0.900 bits per heavy atom. The number of carbonyl (C=O) groups excluding carboxylic acids is 1. The zero-order valence-corrected chi connectivity index (χ0v) is 18.3. The van der Waals surface area contributed by atoms with Gasteiger partial charge >= 0.3 is 0 Å². The third-order valence-corrected chi connectivity index (χ3v) is 6.80. The summed E-state index contributed by atoms with van der Waals surface area (Å²) in [5.41, 5.74) is 3.41. The normalized spacial score (nSPS) is 11.1. The monoisotopic (exact) mass is 440 g/mol. The van der Waals surface area contributed by atoms with E-state index in [0.29, 0.717) is 17.8 Å². The molecule has 0 heterocycles. The Morgan fingerprint density at radius 3 is 2.23 bits per heavy atom. The first-order valence-corrected chi connectivity index (χ1v) is 12.2. The molecule has 0 aliphatic carbocycles. The average Bonchev–Trinajstić information content (AvgIpc) is 2.75. The largest absolute Gasteiger partial charge is 0.351 e. The quantitative estimate of drug-likeness (QED) is 0.482. The molecule has 0 unspecified atom stereocenters. The highest BCUT2D eigenvalue weighted by atomic mass is 32.2. The molecule has 156 valence electrons. The van der Waals surface area contributed by atoms with E-state index in [9.17, 15) is 13.2 Å². The van der Waals surface area contributed by atoms with Gasteiger partial charge in [-0.3, -0.25) is 9.52 Å². The van der Waals surface area contributed by atoms with Gasteiger partial charge < -0.3 is 5.32 Å². The van der Waals surface area contributed by atoms with Crippen LogP contribution in [-0.2, 0) is 15.8 Å². The van der Waals surface area contributed by atoms with E-state index in [1.54, 1.807) is 54.2 Å². The van der Waals surface area contributed by atoms with Gasteiger partial charge in [-0.25, -0.2) is 8.42 Å². The van der Waals surface area contributed by atoms with Crippen LogP contribution in [0.1, 0.15) is 21.5 Å². The van der Waals surface area contributed by atoms with Crippen LogP contribution in [-0.4, -0.2) is 26.6 Å². The number of hydrogen-bond acceptors (Lipinski definition) is 4. The molecule has 0 aromatic heterocycles. The Morgan fingerprint density at radius 2 is 1.57 bits per heavy atom. The zero-order chi connectivity index (χ0) is 21.4. The van der Waals surface area contributed by atoms with Gasteiger partial charge in [-0.15, -0.1) is 0 Å². The molecule has 3 aromatic rings. The van der Waals surface area contributed by atoms with Gasteiger partial charge in [0.2, 0.25) is 0 Å². The van der Waals surface area contributed by atoms with Crippen molar-refractivity contribution >= 4 is 33.4 Å². The summed E-state index contributed by atoms with van der Waals surface area (Å²) < 4.78 is 27.2. The number of anilines is 1. The molecule has 0 aliphatic rings. The number of hydrogen-bond donors (Lipinski definition) is 2. The summed E-state index contributed by atoms with van der Waals surface area (Å²) in [6.45, 7) is 2.63. The SMILES string of the molecule is Cc1ccc(CSCCNC(=O)c2ccc(NS(=O)(=O)c3ccccc3)cc2)cc1. The van der Waals surface area contributed by atoms with Gasteiger partial charge in [0.15, 0.2) is 0 Å². The highest BCUT2D eigenvalue weighted by molar-refractivity contribution is 7.98. The van der Waals surface area contributed by atoms with Crippen molar-refractivity contribution in [2.24, 2.45) is 0 Å². The maximum atomic E-state index is 12.3. The van der Waals surface area contributed by atoms with Gasteiger partial charge in [0.25, 0.3) is 15.9 Å². The summed E-state index contributed by atoms with van der Waals surface area (Å²) in [5, 5.41) is 2.89. The van der Waals surface area contributed by atoms with E-state index >= 15 is 0 Å². The number of rotatable bonds is 9. The lowest BCUT2D eigenvalue weighted by Gasteiger charge is -2.09. The Bertz CT molecular complexity index is 1070. The van der Waals surface area contributed by atoms with E-state index in [0.717, 1.165) is 11.5 Å². The van der Waals surface area contributed by atoms with Crippen molar-refractivity contribution in [2.45, 2.75) is 17.6 Å². The smallest absolute Gasteiger partial charge is 0.261 e. The fourth-order valence-corrected chi connectivity index (χ4v) is 4.62. The molecule has 1 amide bonds. The maximum Gasteiger partial charge on any atom is 0.261 e. The average molecular weight is 441 g/mol. The van der Waals surface area contributed by atoms with Crippen LogP contribution >= 0.6 is 11.8 Å². The van der Waals surface area contributed by atoms with Gasteiger partial charge in [0.05, 0.1) is 4.90 Å². The van der Waals surface area contributed by atoms with Crippen LogP contribution in [0.2, 0.25) is 0 Å². The highest BCUT2D eigenvalue weighted by Crippen LogP contribution is 2.17. The molecule has 0 bridgehead atoms. The van der Waals surface area contributed by atoms with Crippen molar-refractivity contribution < 1.29 is 13.2 Å². The molecule has 30 heavy (non-hydrogen) atoms. The summed E-state index contributed by atoms with van der Waals surface area (Å²) in [4.78, 5) is 12.5. The number of thioether (sulfide) groups is 1. The standard InChI is InChI=1S/C23H24N2O3S2/c1-18-7-9-19(10-8-18)17-29-16-15-24-23(26)20-11-13-21(14-12-20)25-30(27,28)22-5-3-2-4-6-22/h2-14,25H,15-17H2,1H3,(H,24,26). The van der Waals surface area contributed by atoms with Crippen molar-refractivity contribution in [1.82, 2.24) is 5.32 Å². The third kappa shape index (κ3) is 6.37. The van der Waals surface area contributed by atoms with Crippen LogP contribution in [0.5, 0.6) is 0 Å². The fraction of sp³-hybridized carbons (Fsp3) is 0.174. The predicted molar refractivity (Wildman–Crippen MR) is 123 cm³/mol. The van der Waals surface area contributed by atoms with E-state index in [4.69, 9.17) is 0 Å². The maximum absolute atomic E-state index is 12.3. The molecule has 0 spiro atoms. The first-order valence-electron chi connectivity index (χ1n) is 9.53. The van der Waals surface area contributed by atoms with Gasteiger partial charge in [0.1, 0.15) is 0 Å². The topological polar surface area (TPSA) is 75.3 Å². The van der Waals surface area contributed by atoms with Crippen LogP contribution in [0.4, 0.5) is 5.69 Å². The van der Waals surface area contributed by atoms with Gasteiger partial charge in [-0.1, -0.05) is 48.0 Å². The molecule has 0 saturated carbocycles. The van der Waals surface area contributed by atoms with E-state index < -0.39 is 10.0 Å². The molecule has 0 saturated heterocycles. The molecule has 5 nitrogen and oxygen atoms in total. The van der Waals surface area contributed by atoms with Gasteiger partial charge in [0, 0.05) is 29.3 Å². The Kier molecular flexibility index (Phi) is 7.54. The molecular weight excluding hydrogens is 416 g/mol. The van der Waals surface area contributed by atoms with Crippen LogP contribution in [0.25, 0.3) is 0 Å². The Labute approximate surface area is 182 Å². The molecule has 3 rings (SSSR count). The summed E-state index contributed by atoms with van der Waals surface area (Å²) in [6, 6.07) is 23.0. The molecule has 0 radical (unpaired) electrons. The minimum absolute atomic E-state index is 0.177. The fourth-order valence-electron chi connectivity index (χ4n) is 2.72. The molecule has 0 aliphatic heterocycles. The van der Waals surface area contributed by atoms with Crippen LogP contribution in [0, 0.1) is 6.92 Å². The summed E-state index contributed by atoms with van der Waals surface area (Å²) in [6.07, 6.45) is 0. The molecular formula is C23H24N2O3S2. The number of amides is 1. The molecule has 0 fully saturated rings. The van der Waals surface area contributed by atoms with E-state index in [1.807, 2.05) is 0 Å². The van der Waals surface area contributed by atoms with Crippen molar-refractivity contribution in [3.8, 4) is 0 Å².